The van der Waals surface area contributed by atoms with E-state index in [9.17, 15) is 5.26 Å². The summed E-state index contributed by atoms with van der Waals surface area (Å²) in [5, 5.41) is 17.5. The van der Waals surface area contributed by atoms with Crippen LogP contribution in [0.4, 0.5) is 0 Å². The quantitative estimate of drug-likeness (QED) is 0.175. The summed E-state index contributed by atoms with van der Waals surface area (Å²) in [6.07, 6.45) is 0. The second-order valence-corrected chi connectivity index (χ2v) is 14.8. The van der Waals surface area contributed by atoms with Crippen molar-refractivity contribution in [1.82, 2.24) is 19.1 Å². The molecule has 0 radical (unpaired) electrons. The third kappa shape index (κ3) is 4.92. The molecule has 0 N–H and O–H groups in total. The Morgan fingerprint density at radius 3 is 1.41 bits per heavy atom. The molecule has 0 spiro atoms. The highest BCUT2D eigenvalue weighted by molar-refractivity contribution is 6.19. The van der Waals surface area contributed by atoms with Crippen molar-refractivity contribution in [2.24, 2.45) is 0 Å². The molecule has 12 aromatic rings. The van der Waals surface area contributed by atoms with Gasteiger partial charge in [-0.3, -0.25) is 0 Å². The van der Waals surface area contributed by atoms with Crippen LogP contribution < -0.4 is 0 Å². The second kappa shape index (κ2) is 12.9. The summed E-state index contributed by atoms with van der Waals surface area (Å²) in [6.45, 7) is 0. The molecule has 4 aromatic heterocycles. The fraction of sp³-hybridized carbons (Fsp3) is 0. The first kappa shape index (κ1) is 32.9. The van der Waals surface area contributed by atoms with Gasteiger partial charge in [-0.2, -0.15) is 5.26 Å². The SMILES string of the molecule is N#Cc1cc(-n2c3ccccc3c3ccccc32)c2c(oc3c(-c4nc(-c5ccccc5)cc(-c5ccccc5)n4)cccc32)c1-n1c2ccccc2c2ccccc21. The summed E-state index contributed by atoms with van der Waals surface area (Å²) in [5.74, 6) is 0.548. The molecular formula is C53H31N5O. The van der Waals surface area contributed by atoms with Crippen molar-refractivity contribution in [2.75, 3.05) is 0 Å². The van der Waals surface area contributed by atoms with Gasteiger partial charge in [-0.15, -0.1) is 0 Å². The third-order valence-corrected chi connectivity index (χ3v) is 11.6. The standard InChI is InChI=1S/C53H31N5O/c54-32-35-30-48(57-44-26-11-7-20-36(44)37-21-8-12-27-45(37)57)49-40-24-15-25-41(53-55-42(33-16-3-1-4-17-33)31-43(56-53)34-18-5-2-6-19-34)51(40)59-52(49)50(35)58-46-28-13-9-22-38(46)39-23-10-14-29-47(39)58/h1-31H. The van der Waals surface area contributed by atoms with E-state index < -0.39 is 0 Å². The van der Waals surface area contributed by atoms with Crippen LogP contribution in [-0.4, -0.2) is 19.1 Å². The van der Waals surface area contributed by atoms with Gasteiger partial charge in [0.15, 0.2) is 11.4 Å². The Balaban J connectivity index is 1.25. The summed E-state index contributed by atoms with van der Waals surface area (Å²) < 4.78 is 11.8. The Morgan fingerprint density at radius 2 is 0.898 bits per heavy atom. The van der Waals surface area contributed by atoms with Crippen molar-refractivity contribution in [3.05, 3.63) is 194 Å². The van der Waals surface area contributed by atoms with E-state index in [1.807, 2.05) is 66.7 Å². The normalized spacial score (nSPS) is 11.7. The van der Waals surface area contributed by atoms with Gasteiger partial charge in [0, 0.05) is 38.1 Å². The van der Waals surface area contributed by atoms with E-state index in [0.717, 1.165) is 88.1 Å². The Kier molecular flexibility index (Phi) is 7.19. The van der Waals surface area contributed by atoms with Crippen LogP contribution in [0, 0.1) is 11.3 Å². The van der Waals surface area contributed by atoms with Crippen LogP contribution in [-0.2, 0) is 0 Å². The van der Waals surface area contributed by atoms with Gasteiger partial charge in [-0.1, -0.05) is 146 Å². The van der Waals surface area contributed by atoms with Crippen LogP contribution in [0.5, 0.6) is 0 Å². The van der Waals surface area contributed by atoms with Crippen molar-refractivity contribution in [3.8, 4) is 51.3 Å². The van der Waals surface area contributed by atoms with Crippen LogP contribution in [0.25, 0.3) is 111 Å². The lowest BCUT2D eigenvalue weighted by Gasteiger charge is -2.15. The zero-order chi connectivity index (χ0) is 39.0. The number of nitriles is 1. The molecule has 59 heavy (non-hydrogen) atoms. The van der Waals surface area contributed by atoms with Crippen LogP contribution in [0.15, 0.2) is 192 Å². The lowest BCUT2D eigenvalue weighted by molar-refractivity contribution is 0.666. The number of para-hydroxylation sites is 5. The molecule has 0 aliphatic rings. The van der Waals surface area contributed by atoms with Crippen LogP contribution in [0.2, 0.25) is 0 Å². The molecule has 0 aliphatic heterocycles. The monoisotopic (exact) mass is 753 g/mol. The average molecular weight is 754 g/mol. The molecule has 0 amide bonds. The Bertz CT molecular complexity index is 3520. The van der Waals surface area contributed by atoms with Crippen LogP contribution in [0.1, 0.15) is 5.56 Å². The molecule has 0 bridgehead atoms. The van der Waals surface area contributed by atoms with E-state index in [2.05, 4.69) is 137 Å². The summed E-state index contributed by atoms with van der Waals surface area (Å²) in [6, 6.07) is 67.0. The van der Waals surface area contributed by atoms with E-state index in [1.54, 1.807) is 0 Å². The predicted molar refractivity (Wildman–Crippen MR) is 239 cm³/mol. The largest absolute Gasteiger partial charge is 0.453 e. The highest BCUT2D eigenvalue weighted by Crippen LogP contribution is 2.46. The van der Waals surface area contributed by atoms with Crippen LogP contribution >= 0.6 is 0 Å². The number of hydrogen-bond donors (Lipinski definition) is 0. The molecule has 0 fully saturated rings. The maximum Gasteiger partial charge on any atom is 0.164 e. The highest BCUT2D eigenvalue weighted by Gasteiger charge is 2.27. The fourth-order valence-electron chi connectivity index (χ4n) is 9.03. The van der Waals surface area contributed by atoms with Crippen molar-refractivity contribution >= 4 is 65.6 Å². The molecular weight excluding hydrogens is 723 g/mol. The summed E-state index contributed by atoms with van der Waals surface area (Å²) >= 11 is 0. The van der Waals surface area contributed by atoms with Gasteiger partial charge in [0.2, 0.25) is 0 Å². The topological polar surface area (TPSA) is 72.6 Å². The molecule has 0 saturated heterocycles. The van der Waals surface area contributed by atoms with Crippen molar-refractivity contribution < 1.29 is 4.42 Å². The number of nitrogens with zero attached hydrogens (tertiary/aromatic N) is 5. The molecule has 6 nitrogen and oxygen atoms in total. The maximum atomic E-state index is 11.2. The zero-order valence-corrected chi connectivity index (χ0v) is 31.5. The first-order valence-electron chi connectivity index (χ1n) is 19.6. The molecule has 4 heterocycles. The molecule has 0 saturated carbocycles. The van der Waals surface area contributed by atoms with Crippen molar-refractivity contribution in [3.63, 3.8) is 0 Å². The maximum absolute atomic E-state index is 11.2. The summed E-state index contributed by atoms with van der Waals surface area (Å²) in [4.78, 5) is 10.5. The lowest BCUT2D eigenvalue weighted by Crippen LogP contribution is -2.02. The number of rotatable bonds is 5. The van der Waals surface area contributed by atoms with E-state index in [0.29, 0.717) is 28.2 Å². The Hall–Kier alpha value is -8.27. The highest BCUT2D eigenvalue weighted by atomic mass is 16.3. The fourth-order valence-corrected chi connectivity index (χ4v) is 9.03. The third-order valence-electron chi connectivity index (χ3n) is 11.6. The number of aromatic nitrogens is 4. The summed E-state index contributed by atoms with van der Waals surface area (Å²) in [7, 11) is 0. The van der Waals surface area contributed by atoms with Crippen LogP contribution in [0.3, 0.4) is 0 Å². The molecule has 8 aromatic carbocycles. The average Bonchev–Trinajstić information content (AvgIpc) is 3.97. The predicted octanol–water partition coefficient (Wildman–Crippen LogP) is 13.4. The molecule has 0 atom stereocenters. The molecule has 274 valence electrons. The molecule has 0 aliphatic carbocycles. The molecule has 12 rings (SSSR count). The van der Waals surface area contributed by atoms with Gasteiger partial charge in [-0.05, 0) is 42.5 Å². The van der Waals surface area contributed by atoms with E-state index >= 15 is 0 Å². The molecule has 0 unspecified atom stereocenters. The van der Waals surface area contributed by atoms with Gasteiger partial charge in [0.05, 0.1) is 55.7 Å². The number of furan rings is 1. The lowest BCUT2D eigenvalue weighted by atomic mass is 10.0. The van der Waals surface area contributed by atoms with Gasteiger partial charge >= 0.3 is 0 Å². The number of hydrogen-bond acceptors (Lipinski definition) is 4. The summed E-state index contributed by atoms with van der Waals surface area (Å²) in [5.41, 5.74) is 11.7. The Labute approximate surface area is 338 Å². The van der Waals surface area contributed by atoms with E-state index in [4.69, 9.17) is 14.4 Å². The van der Waals surface area contributed by atoms with Crippen molar-refractivity contribution in [2.45, 2.75) is 0 Å². The van der Waals surface area contributed by atoms with E-state index in [1.165, 1.54) is 0 Å². The minimum absolute atomic E-state index is 0.496. The van der Waals surface area contributed by atoms with Gasteiger partial charge in [-0.25, -0.2) is 9.97 Å². The zero-order valence-electron chi connectivity index (χ0n) is 31.5. The van der Waals surface area contributed by atoms with Gasteiger partial charge in [0.1, 0.15) is 17.3 Å². The second-order valence-electron chi connectivity index (χ2n) is 14.8. The van der Waals surface area contributed by atoms with E-state index in [-0.39, 0.29) is 0 Å². The molecule has 6 heteroatoms. The smallest absolute Gasteiger partial charge is 0.164 e. The van der Waals surface area contributed by atoms with Gasteiger partial charge < -0.3 is 13.6 Å². The number of fused-ring (bicyclic) bond motifs is 9. The number of benzene rings is 8. The minimum Gasteiger partial charge on any atom is -0.453 e. The first-order chi connectivity index (χ1) is 29.2. The minimum atomic E-state index is 0.496. The van der Waals surface area contributed by atoms with Crippen molar-refractivity contribution in [1.29, 1.82) is 5.26 Å². The van der Waals surface area contributed by atoms with Gasteiger partial charge in [0.25, 0.3) is 0 Å². The Morgan fingerprint density at radius 1 is 0.441 bits per heavy atom. The first-order valence-corrected chi connectivity index (χ1v) is 19.6.